The molecule has 0 fully saturated rings. The maximum Gasteiger partial charge on any atom is 0.194 e. The van der Waals surface area contributed by atoms with Crippen molar-refractivity contribution in [3.8, 4) is 22.3 Å². The number of carbonyl (C=O) groups excluding carboxylic acids is 2. The number of allylic oxidation sites excluding steroid dienone is 4. The maximum absolute atomic E-state index is 13.5. The molecule has 1 unspecified atom stereocenters. The summed E-state index contributed by atoms with van der Waals surface area (Å²) < 4.78 is 20.8. The van der Waals surface area contributed by atoms with Crippen molar-refractivity contribution >= 4 is 43.6 Å². The molecule has 1 atom stereocenters. The number of methoxy groups -OCH3 is 1. The van der Waals surface area contributed by atoms with Crippen molar-refractivity contribution in [2.75, 3.05) is 7.11 Å². The molecule has 3 aromatic rings. The van der Waals surface area contributed by atoms with Gasteiger partial charge in [0, 0.05) is 4.88 Å². The summed E-state index contributed by atoms with van der Waals surface area (Å²) in [6.07, 6.45) is 3.80. The molecule has 0 spiro atoms. The fraction of sp³-hybridized carbons (Fsp3) is 0.174. The van der Waals surface area contributed by atoms with Crippen molar-refractivity contribution in [3.05, 3.63) is 64.8 Å². The van der Waals surface area contributed by atoms with E-state index in [4.69, 9.17) is 10.00 Å². The lowest BCUT2D eigenvalue weighted by Gasteiger charge is -2.26. The fourth-order valence-corrected chi connectivity index (χ4v) is 6.07. The second-order valence-corrected chi connectivity index (χ2v) is 9.05. The molecule has 150 valence electrons. The van der Waals surface area contributed by atoms with Gasteiger partial charge < -0.3 is 4.74 Å². The van der Waals surface area contributed by atoms with Crippen LogP contribution >= 0.6 is 22.7 Å². The molecule has 0 radical (unpaired) electrons. The number of ether oxygens (including phenoxy) is 1. The van der Waals surface area contributed by atoms with Crippen LogP contribution in [0.5, 0.6) is 5.75 Å². The molecule has 1 aliphatic carbocycles. The summed E-state index contributed by atoms with van der Waals surface area (Å²) in [5.74, 6) is -0.718. The van der Waals surface area contributed by atoms with Crippen LogP contribution in [0.2, 0.25) is 0 Å². The van der Waals surface area contributed by atoms with Crippen molar-refractivity contribution < 1.29 is 18.7 Å². The number of nitrogens with zero attached hydrogens (tertiary/aromatic N) is 1. The molecule has 1 aliphatic rings. The summed E-state index contributed by atoms with van der Waals surface area (Å²) >= 11 is 2.76. The number of fused-ring (bicyclic) bond motifs is 1. The van der Waals surface area contributed by atoms with Crippen molar-refractivity contribution in [3.63, 3.8) is 0 Å². The number of hydrogen-bond donors (Lipinski definition) is 0. The Bertz CT molecular complexity index is 1270. The first-order chi connectivity index (χ1) is 14.4. The molecule has 30 heavy (non-hydrogen) atoms. The Morgan fingerprint density at radius 3 is 2.53 bits per heavy atom. The van der Waals surface area contributed by atoms with E-state index < -0.39 is 11.2 Å². The smallest absolute Gasteiger partial charge is 0.194 e. The largest absolute Gasteiger partial charge is 0.494 e. The first-order valence-electron chi connectivity index (χ1n) is 9.11. The van der Waals surface area contributed by atoms with Gasteiger partial charge in [-0.05, 0) is 49.3 Å². The summed E-state index contributed by atoms with van der Waals surface area (Å²) in [5.41, 5.74) is 0.141. The third-order valence-electron chi connectivity index (χ3n) is 5.21. The highest BCUT2D eigenvalue weighted by atomic mass is 32.1. The molecule has 0 saturated heterocycles. The number of benzene rings is 1. The molecule has 0 bridgehead atoms. The first-order valence-corrected chi connectivity index (χ1v) is 10.7. The molecule has 0 saturated carbocycles. The van der Waals surface area contributed by atoms with E-state index in [0.29, 0.717) is 16.2 Å². The normalized spacial score (nSPS) is 18.1. The average molecular weight is 438 g/mol. The fourth-order valence-electron chi connectivity index (χ4n) is 3.46. The van der Waals surface area contributed by atoms with Gasteiger partial charge in [0.2, 0.25) is 0 Å². The second-order valence-electron chi connectivity index (χ2n) is 6.94. The molecule has 4 rings (SSSR count). The molecule has 0 aliphatic heterocycles. The van der Waals surface area contributed by atoms with Crippen molar-refractivity contribution in [1.29, 1.82) is 5.26 Å². The highest BCUT2D eigenvalue weighted by molar-refractivity contribution is 7.31. The van der Waals surface area contributed by atoms with Gasteiger partial charge in [-0.3, -0.25) is 9.59 Å². The highest BCUT2D eigenvalue weighted by Crippen LogP contribution is 2.48. The number of halogens is 1. The number of carbonyl (C=O) groups is 2. The van der Waals surface area contributed by atoms with Gasteiger partial charge in [0.05, 0.1) is 28.1 Å². The average Bonchev–Trinajstić information content (AvgIpc) is 3.31. The summed E-state index contributed by atoms with van der Waals surface area (Å²) in [6.45, 7) is 1.35. The zero-order valence-corrected chi connectivity index (χ0v) is 17.8. The quantitative estimate of drug-likeness (QED) is 0.358. The van der Waals surface area contributed by atoms with Gasteiger partial charge in [-0.2, -0.15) is 5.26 Å². The summed E-state index contributed by atoms with van der Waals surface area (Å²) in [4.78, 5) is 27.2. The second kappa shape index (κ2) is 7.63. The van der Waals surface area contributed by atoms with Crippen LogP contribution in [0.1, 0.15) is 28.6 Å². The number of Topliss-reactive ketones (excluding diaryl/α,β-unsaturated/α-hetero) is 2. The first kappa shape index (κ1) is 20.2. The maximum atomic E-state index is 13.5. The Morgan fingerprint density at radius 1 is 1.23 bits per heavy atom. The predicted octanol–water partition coefficient (Wildman–Crippen LogP) is 6.08. The van der Waals surface area contributed by atoms with Gasteiger partial charge in [-0.25, -0.2) is 4.39 Å². The number of nitriles is 1. The van der Waals surface area contributed by atoms with Gasteiger partial charge in [-0.15, -0.1) is 22.7 Å². The molecular formula is C23H16FNO3S2. The molecule has 0 amide bonds. The van der Waals surface area contributed by atoms with Crippen LogP contribution in [-0.2, 0) is 4.79 Å². The van der Waals surface area contributed by atoms with E-state index in [1.807, 2.05) is 18.2 Å². The van der Waals surface area contributed by atoms with Gasteiger partial charge in [-0.1, -0.05) is 18.2 Å². The van der Waals surface area contributed by atoms with E-state index >= 15 is 0 Å². The zero-order valence-electron chi connectivity index (χ0n) is 16.2. The SMILES string of the molecule is COc1c(C(=O)C2(C(C)=O)C=CC(F)=CC2)sc2cc(-c3ccc(C#N)cc3)sc12. The van der Waals surface area contributed by atoms with Gasteiger partial charge >= 0.3 is 0 Å². The molecule has 2 aromatic heterocycles. The van der Waals surface area contributed by atoms with Gasteiger partial charge in [0.1, 0.15) is 21.9 Å². The van der Waals surface area contributed by atoms with Crippen LogP contribution in [-0.4, -0.2) is 18.7 Å². The monoisotopic (exact) mass is 437 g/mol. The number of rotatable bonds is 5. The summed E-state index contributed by atoms with van der Waals surface area (Å²) in [6, 6.07) is 11.3. The molecule has 2 heterocycles. The van der Waals surface area contributed by atoms with Crippen molar-refractivity contribution in [2.45, 2.75) is 13.3 Å². The molecule has 4 nitrogen and oxygen atoms in total. The predicted molar refractivity (Wildman–Crippen MR) is 117 cm³/mol. The summed E-state index contributed by atoms with van der Waals surface area (Å²) in [5, 5.41) is 8.97. The van der Waals surface area contributed by atoms with Crippen LogP contribution in [0.3, 0.4) is 0 Å². The lowest BCUT2D eigenvalue weighted by molar-refractivity contribution is -0.122. The van der Waals surface area contributed by atoms with Crippen LogP contribution in [0.15, 0.2) is 54.4 Å². The molecular weight excluding hydrogens is 421 g/mol. The Hall–Kier alpha value is -3.08. The number of hydrogen-bond acceptors (Lipinski definition) is 6. The van der Waals surface area contributed by atoms with Crippen LogP contribution in [0, 0.1) is 16.7 Å². The standard InChI is InChI=1S/C23H16FNO3S2/c1-13(26)23(9-7-16(24)8-10-23)22(27)21-19(28-2)20-18(30-21)11-17(29-20)15-5-3-14(12-25)4-6-15/h3-9,11H,10H2,1-2H3. The lowest BCUT2D eigenvalue weighted by atomic mass is 9.74. The number of thiophene rings is 2. The number of ketones is 2. The Balaban J connectivity index is 1.78. The van der Waals surface area contributed by atoms with Crippen LogP contribution in [0.4, 0.5) is 4.39 Å². The van der Waals surface area contributed by atoms with Gasteiger partial charge in [0.25, 0.3) is 0 Å². The van der Waals surface area contributed by atoms with E-state index in [0.717, 1.165) is 19.8 Å². The van der Waals surface area contributed by atoms with Crippen molar-refractivity contribution in [1.82, 2.24) is 0 Å². The van der Waals surface area contributed by atoms with E-state index in [1.165, 1.54) is 54.9 Å². The Kier molecular flexibility index (Phi) is 5.14. The third kappa shape index (κ3) is 3.18. The van der Waals surface area contributed by atoms with E-state index in [1.54, 1.807) is 12.1 Å². The van der Waals surface area contributed by atoms with Gasteiger partial charge in [0.15, 0.2) is 11.5 Å². The third-order valence-corrected chi connectivity index (χ3v) is 7.64. The minimum atomic E-state index is -1.41. The zero-order chi connectivity index (χ0) is 21.5. The minimum absolute atomic E-state index is 0.00526. The van der Waals surface area contributed by atoms with Crippen LogP contribution < -0.4 is 4.74 Å². The van der Waals surface area contributed by atoms with Crippen LogP contribution in [0.25, 0.3) is 19.8 Å². The Labute approximate surface area is 180 Å². The summed E-state index contributed by atoms with van der Waals surface area (Å²) in [7, 11) is 1.50. The molecule has 7 heteroatoms. The Morgan fingerprint density at radius 2 is 1.97 bits per heavy atom. The minimum Gasteiger partial charge on any atom is -0.494 e. The highest BCUT2D eigenvalue weighted by Gasteiger charge is 2.44. The lowest BCUT2D eigenvalue weighted by Crippen LogP contribution is -2.36. The van der Waals surface area contributed by atoms with E-state index in [-0.39, 0.29) is 18.0 Å². The van der Waals surface area contributed by atoms with E-state index in [9.17, 15) is 14.0 Å². The van der Waals surface area contributed by atoms with Crippen molar-refractivity contribution in [2.24, 2.45) is 5.41 Å². The molecule has 1 aromatic carbocycles. The topological polar surface area (TPSA) is 67.2 Å². The van der Waals surface area contributed by atoms with E-state index in [2.05, 4.69) is 6.07 Å². The molecule has 0 N–H and O–H groups in total.